The van der Waals surface area contributed by atoms with Crippen LogP contribution in [0.5, 0.6) is 0 Å². The molecule has 0 saturated heterocycles. The minimum Gasteiger partial charge on any atom is -0.222 e. The van der Waals surface area contributed by atoms with Gasteiger partial charge in [-0.2, -0.15) is 0 Å². The highest BCUT2D eigenvalue weighted by Gasteiger charge is 2.27. The topological polar surface area (TPSA) is 26.1 Å². The molecule has 0 aliphatic heterocycles. The molecule has 0 unspecified atom stereocenters. The molecule has 0 fully saturated rings. The molecule has 0 aliphatic rings. The number of hydrogen-bond acceptors (Lipinski definition) is 1. The largest absolute Gasteiger partial charge is 0.336 e. The van der Waals surface area contributed by atoms with E-state index in [1.54, 1.807) is 0 Å². The van der Waals surface area contributed by atoms with Crippen LogP contribution in [0.2, 0.25) is 0 Å². The molecule has 0 amide bonds. The molecule has 0 saturated carbocycles. The summed E-state index contributed by atoms with van der Waals surface area (Å²) in [5, 5.41) is 4.97. The Morgan fingerprint density at radius 1 is 0.846 bits per heavy atom. The van der Waals surface area contributed by atoms with Gasteiger partial charge in [0.05, 0.1) is 7.05 Å². The summed E-state index contributed by atoms with van der Waals surface area (Å²) in [5.41, 5.74) is 6.46. The van der Waals surface area contributed by atoms with E-state index >= 15 is 0 Å². The highest BCUT2D eigenvalue weighted by Crippen LogP contribution is 2.26. The van der Waals surface area contributed by atoms with Gasteiger partial charge in [0.25, 0.3) is 0 Å². The second-order valence-corrected chi connectivity index (χ2v) is 7.18. The Balaban J connectivity index is 1.93. The summed E-state index contributed by atoms with van der Waals surface area (Å²) in [4.78, 5) is 1.98. The normalized spacial score (nSPS) is 11.5. The number of fused-ring (bicyclic) bond motifs is 3. The zero-order valence-corrected chi connectivity index (χ0v) is 15.8. The van der Waals surface area contributed by atoms with Gasteiger partial charge in [-0.15, -0.1) is 5.10 Å². The average molecular weight is 404 g/mol. The number of para-hydroxylation sites is 2. The molecule has 126 valence electrons. The third kappa shape index (κ3) is 2.21. The molecule has 5 rings (SSSR count). The average Bonchev–Trinajstić information content (AvgIpc) is 3.21. The lowest BCUT2D eigenvalue weighted by Gasteiger charge is -2.00. The molecule has 4 nitrogen and oxygen atoms in total. The van der Waals surface area contributed by atoms with Gasteiger partial charge < -0.3 is 0 Å². The van der Waals surface area contributed by atoms with Crippen LogP contribution in [-0.2, 0) is 7.05 Å². The fraction of sp³-hybridized carbons (Fsp3) is 0.0476. The van der Waals surface area contributed by atoms with Crippen LogP contribution in [0.4, 0.5) is 0 Å². The Hall–Kier alpha value is -2.92. The molecule has 2 heterocycles. The lowest BCUT2D eigenvalue weighted by molar-refractivity contribution is -0.618. The van der Waals surface area contributed by atoms with Gasteiger partial charge in [-0.3, -0.25) is 0 Å². The van der Waals surface area contributed by atoms with Crippen molar-refractivity contribution in [2.75, 3.05) is 0 Å². The van der Waals surface area contributed by atoms with Crippen LogP contribution in [0.1, 0.15) is 0 Å². The van der Waals surface area contributed by atoms with Crippen LogP contribution in [-0.4, -0.2) is 14.4 Å². The van der Waals surface area contributed by atoms with Gasteiger partial charge in [0.2, 0.25) is 5.52 Å². The summed E-state index contributed by atoms with van der Waals surface area (Å²) in [6, 6.07) is 27.0. The van der Waals surface area contributed by atoms with Crippen molar-refractivity contribution in [3.8, 4) is 16.9 Å². The predicted octanol–water partition coefficient (Wildman–Crippen LogP) is 4.53. The van der Waals surface area contributed by atoms with Crippen LogP contribution in [0.25, 0.3) is 33.6 Å². The van der Waals surface area contributed by atoms with Gasteiger partial charge in [-0.05, 0) is 36.4 Å². The molecule has 3 aromatic carbocycles. The third-order valence-corrected chi connectivity index (χ3v) is 5.22. The van der Waals surface area contributed by atoms with E-state index in [1.165, 1.54) is 5.52 Å². The lowest BCUT2D eigenvalue weighted by atomic mass is 10.2. The highest BCUT2D eigenvalue weighted by atomic mass is 79.9. The van der Waals surface area contributed by atoms with E-state index in [1.807, 2.05) is 35.1 Å². The number of rotatable bonds is 2. The first kappa shape index (κ1) is 15.3. The second-order valence-electron chi connectivity index (χ2n) is 6.26. The molecule has 0 bridgehead atoms. The second kappa shape index (κ2) is 5.81. The molecular weight excluding hydrogens is 388 g/mol. The number of halogens is 1. The quantitative estimate of drug-likeness (QED) is 0.397. The fourth-order valence-electron chi connectivity index (χ4n) is 3.46. The van der Waals surface area contributed by atoms with Crippen molar-refractivity contribution in [2.24, 2.45) is 7.05 Å². The van der Waals surface area contributed by atoms with E-state index in [4.69, 9.17) is 5.10 Å². The summed E-state index contributed by atoms with van der Waals surface area (Å²) in [5.74, 6) is 0. The SMILES string of the molecule is C[n+]1c2ccccc2n2c1c(-c1ccccc1)nn2-c1ccc(Br)cc1. The van der Waals surface area contributed by atoms with Gasteiger partial charge in [0.1, 0.15) is 5.69 Å². The Kier molecular flexibility index (Phi) is 3.43. The summed E-state index contributed by atoms with van der Waals surface area (Å²) >= 11 is 3.51. The van der Waals surface area contributed by atoms with E-state index in [-0.39, 0.29) is 0 Å². The van der Waals surface area contributed by atoms with Crippen LogP contribution in [0.3, 0.4) is 0 Å². The van der Waals surface area contributed by atoms with E-state index in [2.05, 4.69) is 80.6 Å². The van der Waals surface area contributed by atoms with Crippen molar-refractivity contribution in [2.45, 2.75) is 0 Å². The van der Waals surface area contributed by atoms with E-state index in [0.29, 0.717) is 0 Å². The summed E-state index contributed by atoms with van der Waals surface area (Å²) < 4.78 is 5.44. The number of nitrogens with zero attached hydrogens (tertiary/aromatic N) is 4. The zero-order chi connectivity index (χ0) is 17.7. The molecule has 0 aliphatic carbocycles. The fourth-order valence-corrected chi connectivity index (χ4v) is 3.73. The van der Waals surface area contributed by atoms with Gasteiger partial charge >= 0.3 is 5.65 Å². The first-order valence-electron chi connectivity index (χ1n) is 8.44. The number of aromatic nitrogens is 4. The zero-order valence-electron chi connectivity index (χ0n) is 14.2. The third-order valence-electron chi connectivity index (χ3n) is 4.69. The molecule has 5 aromatic rings. The van der Waals surface area contributed by atoms with Gasteiger partial charge in [-0.1, -0.05) is 67.7 Å². The maximum absolute atomic E-state index is 4.97. The molecule has 26 heavy (non-hydrogen) atoms. The van der Waals surface area contributed by atoms with Crippen LogP contribution < -0.4 is 4.57 Å². The first-order valence-corrected chi connectivity index (χ1v) is 9.23. The van der Waals surface area contributed by atoms with Crippen molar-refractivity contribution < 1.29 is 4.57 Å². The smallest absolute Gasteiger partial charge is 0.222 e. The van der Waals surface area contributed by atoms with Crippen LogP contribution in [0.15, 0.2) is 83.3 Å². The molecule has 0 spiro atoms. The highest BCUT2D eigenvalue weighted by molar-refractivity contribution is 9.10. The van der Waals surface area contributed by atoms with Crippen LogP contribution >= 0.6 is 15.9 Å². The maximum atomic E-state index is 4.97. The van der Waals surface area contributed by atoms with Gasteiger partial charge in [0.15, 0.2) is 11.2 Å². The molecule has 0 radical (unpaired) electrons. The monoisotopic (exact) mass is 403 g/mol. The number of imidazole rings is 1. The van der Waals surface area contributed by atoms with Gasteiger partial charge in [-0.25, -0.2) is 4.57 Å². The van der Waals surface area contributed by atoms with E-state index in [0.717, 1.165) is 32.6 Å². The van der Waals surface area contributed by atoms with Crippen LogP contribution in [0, 0.1) is 0 Å². The van der Waals surface area contributed by atoms with E-state index in [9.17, 15) is 0 Å². The van der Waals surface area contributed by atoms with Crippen molar-refractivity contribution in [3.05, 3.63) is 83.3 Å². The van der Waals surface area contributed by atoms with Gasteiger partial charge in [0, 0.05) is 10.0 Å². The predicted molar refractivity (Wildman–Crippen MR) is 106 cm³/mol. The van der Waals surface area contributed by atoms with Crippen molar-refractivity contribution >= 4 is 32.6 Å². The van der Waals surface area contributed by atoms with Crippen molar-refractivity contribution in [1.29, 1.82) is 0 Å². The summed E-state index contributed by atoms with van der Waals surface area (Å²) in [6.07, 6.45) is 0. The Morgan fingerprint density at radius 3 is 2.31 bits per heavy atom. The lowest BCUT2D eigenvalue weighted by Crippen LogP contribution is -2.27. The minimum atomic E-state index is 0.965. The standard InChI is InChI=1S/C21H16BrN4/c1-24-18-9-5-6-10-19(18)25-21(24)20(15-7-3-2-4-8-15)23-26(25)17-13-11-16(22)12-14-17/h2-14H,1H3/q+1. The number of hydrogen-bond donors (Lipinski definition) is 0. The molecule has 0 N–H and O–H groups in total. The summed E-state index contributed by atoms with van der Waals surface area (Å²) in [7, 11) is 2.09. The van der Waals surface area contributed by atoms with E-state index < -0.39 is 0 Å². The Morgan fingerprint density at radius 2 is 1.54 bits per heavy atom. The van der Waals surface area contributed by atoms with Crippen molar-refractivity contribution in [1.82, 2.24) is 14.4 Å². The molecule has 5 heteroatoms. The number of benzene rings is 3. The Labute approximate surface area is 159 Å². The molecule has 2 aromatic heterocycles. The maximum Gasteiger partial charge on any atom is 0.336 e. The molecule has 0 atom stereocenters. The molecular formula is C21H16BrN4+. The summed E-state index contributed by atoms with van der Waals surface area (Å²) in [6.45, 7) is 0. The Bertz CT molecular complexity index is 1230. The minimum absolute atomic E-state index is 0.965. The number of aryl methyl sites for hydroxylation is 1. The first-order chi connectivity index (χ1) is 12.7. The van der Waals surface area contributed by atoms with Crippen molar-refractivity contribution in [3.63, 3.8) is 0 Å².